The zero-order valence-corrected chi connectivity index (χ0v) is 9.42. The molecule has 1 aliphatic carbocycles. The van der Waals surface area contributed by atoms with Crippen LogP contribution in [0.5, 0.6) is 0 Å². The predicted octanol–water partition coefficient (Wildman–Crippen LogP) is 1.41. The number of amides is 1. The average Bonchev–Trinajstić information content (AvgIpc) is 2.53. The Kier molecular flexibility index (Phi) is 3.53. The number of hydrogen-bond acceptors (Lipinski definition) is 2. The van der Waals surface area contributed by atoms with E-state index in [1.807, 2.05) is 0 Å². The van der Waals surface area contributed by atoms with Gasteiger partial charge in [-0.15, -0.1) is 0 Å². The van der Waals surface area contributed by atoms with Crippen LogP contribution in [0.4, 0.5) is 0 Å². The summed E-state index contributed by atoms with van der Waals surface area (Å²) in [5.41, 5.74) is -1.23. The monoisotopic (exact) mass is 199 g/mol. The van der Waals surface area contributed by atoms with Crippen molar-refractivity contribution in [1.29, 1.82) is 0 Å². The van der Waals surface area contributed by atoms with Gasteiger partial charge in [-0.05, 0) is 32.6 Å². The van der Waals surface area contributed by atoms with E-state index in [2.05, 4.69) is 0 Å². The van der Waals surface area contributed by atoms with E-state index >= 15 is 0 Å². The van der Waals surface area contributed by atoms with Crippen LogP contribution in [0.3, 0.4) is 0 Å². The van der Waals surface area contributed by atoms with Crippen molar-refractivity contribution in [1.82, 2.24) is 4.90 Å². The summed E-state index contributed by atoms with van der Waals surface area (Å²) in [5.74, 6) is 0.468. The summed E-state index contributed by atoms with van der Waals surface area (Å²) in [4.78, 5) is 13.3. The van der Waals surface area contributed by atoms with Gasteiger partial charge in [0.1, 0.15) is 5.60 Å². The highest BCUT2D eigenvalue weighted by molar-refractivity contribution is 5.83. The van der Waals surface area contributed by atoms with Gasteiger partial charge in [-0.1, -0.05) is 12.8 Å². The van der Waals surface area contributed by atoms with Gasteiger partial charge in [0.2, 0.25) is 0 Å². The van der Waals surface area contributed by atoms with E-state index < -0.39 is 5.60 Å². The minimum atomic E-state index is -1.23. The summed E-state index contributed by atoms with van der Waals surface area (Å²) in [6.45, 7) is 3.88. The topological polar surface area (TPSA) is 40.5 Å². The van der Waals surface area contributed by atoms with Crippen LogP contribution >= 0.6 is 0 Å². The van der Waals surface area contributed by atoms with Gasteiger partial charge >= 0.3 is 0 Å². The molecule has 0 atom stereocenters. The normalized spacial score (nSPS) is 18.6. The van der Waals surface area contributed by atoms with Crippen molar-refractivity contribution >= 4 is 5.91 Å². The third kappa shape index (κ3) is 2.98. The first-order valence-corrected chi connectivity index (χ1v) is 5.39. The Morgan fingerprint density at radius 1 is 1.43 bits per heavy atom. The summed E-state index contributed by atoms with van der Waals surface area (Å²) < 4.78 is 0. The zero-order chi connectivity index (χ0) is 10.8. The van der Waals surface area contributed by atoms with Crippen LogP contribution in [0.15, 0.2) is 0 Å². The largest absolute Gasteiger partial charge is 0.381 e. The molecule has 0 bridgehead atoms. The van der Waals surface area contributed by atoms with Crippen molar-refractivity contribution in [3.63, 3.8) is 0 Å². The second kappa shape index (κ2) is 4.30. The second-order valence-corrected chi connectivity index (χ2v) is 4.90. The number of likely N-dealkylation sites (N-methyl/N-ethyl adjacent to an activating group) is 1. The van der Waals surface area contributed by atoms with E-state index in [0.29, 0.717) is 5.92 Å². The Bertz CT molecular complexity index is 202. The summed E-state index contributed by atoms with van der Waals surface area (Å²) >= 11 is 0. The van der Waals surface area contributed by atoms with Gasteiger partial charge in [-0.3, -0.25) is 4.79 Å². The molecule has 1 fully saturated rings. The Balaban J connectivity index is 2.41. The first-order valence-electron chi connectivity index (χ1n) is 5.39. The van der Waals surface area contributed by atoms with Crippen molar-refractivity contribution in [2.45, 2.75) is 45.1 Å². The molecule has 0 aromatic rings. The fourth-order valence-corrected chi connectivity index (χ4v) is 2.13. The van der Waals surface area contributed by atoms with E-state index in [4.69, 9.17) is 0 Å². The third-order valence-electron chi connectivity index (χ3n) is 2.88. The molecule has 0 saturated heterocycles. The van der Waals surface area contributed by atoms with Gasteiger partial charge in [-0.25, -0.2) is 0 Å². The minimum Gasteiger partial charge on any atom is -0.381 e. The molecule has 0 heterocycles. The molecular weight excluding hydrogens is 178 g/mol. The van der Waals surface area contributed by atoms with Crippen LogP contribution in [0.25, 0.3) is 0 Å². The lowest BCUT2D eigenvalue weighted by Gasteiger charge is -2.27. The lowest BCUT2D eigenvalue weighted by atomic mass is 10.1. The molecule has 3 nitrogen and oxygen atoms in total. The molecule has 0 aromatic carbocycles. The lowest BCUT2D eigenvalue weighted by Crippen LogP contribution is -2.44. The summed E-state index contributed by atoms with van der Waals surface area (Å²) in [6, 6.07) is 0. The Morgan fingerprint density at radius 2 is 1.93 bits per heavy atom. The number of hydrogen-bond donors (Lipinski definition) is 1. The highest BCUT2D eigenvalue weighted by Crippen LogP contribution is 2.25. The predicted molar refractivity (Wildman–Crippen MR) is 55.9 cm³/mol. The molecule has 0 aromatic heterocycles. The average molecular weight is 199 g/mol. The van der Waals surface area contributed by atoms with Crippen LogP contribution in [0.1, 0.15) is 39.5 Å². The fraction of sp³-hybridized carbons (Fsp3) is 0.909. The van der Waals surface area contributed by atoms with E-state index in [1.54, 1.807) is 25.8 Å². The minimum absolute atomic E-state index is 0.176. The first kappa shape index (κ1) is 11.5. The Hall–Kier alpha value is -0.570. The number of rotatable bonds is 3. The van der Waals surface area contributed by atoms with Crippen molar-refractivity contribution in [3.05, 3.63) is 0 Å². The SMILES string of the molecule is CN(CC1CCCC1)C(=O)C(C)(C)O. The second-order valence-electron chi connectivity index (χ2n) is 4.90. The van der Waals surface area contributed by atoms with Crippen molar-refractivity contribution in [2.75, 3.05) is 13.6 Å². The molecule has 3 heteroatoms. The first-order chi connectivity index (χ1) is 6.41. The van der Waals surface area contributed by atoms with Crippen molar-refractivity contribution in [2.24, 2.45) is 5.92 Å². The van der Waals surface area contributed by atoms with Gasteiger partial charge in [0.15, 0.2) is 0 Å². The molecule has 1 saturated carbocycles. The standard InChI is InChI=1S/C11H21NO2/c1-11(2,14)10(13)12(3)8-9-6-4-5-7-9/h9,14H,4-8H2,1-3H3. The molecular formula is C11H21NO2. The quantitative estimate of drug-likeness (QED) is 0.746. The summed E-state index contributed by atoms with van der Waals surface area (Å²) in [5, 5.41) is 9.54. The van der Waals surface area contributed by atoms with E-state index in [-0.39, 0.29) is 5.91 Å². The van der Waals surface area contributed by atoms with Crippen LogP contribution in [0.2, 0.25) is 0 Å². The van der Waals surface area contributed by atoms with E-state index in [1.165, 1.54) is 25.7 Å². The highest BCUT2D eigenvalue weighted by Gasteiger charge is 2.29. The number of carbonyl (C=O) groups is 1. The summed E-state index contributed by atoms with van der Waals surface area (Å²) in [7, 11) is 1.78. The molecule has 82 valence electrons. The van der Waals surface area contributed by atoms with Crippen LogP contribution in [-0.4, -0.2) is 35.1 Å². The van der Waals surface area contributed by atoms with Gasteiger partial charge in [0.05, 0.1) is 0 Å². The Labute approximate surface area is 86.1 Å². The van der Waals surface area contributed by atoms with Crippen molar-refractivity contribution in [3.8, 4) is 0 Å². The lowest BCUT2D eigenvalue weighted by molar-refractivity contribution is -0.146. The van der Waals surface area contributed by atoms with Crippen LogP contribution in [-0.2, 0) is 4.79 Å². The van der Waals surface area contributed by atoms with Crippen LogP contribution in [0, 0.1) is 5.92 Å². The maximum atomic E-state index is 11.6. The maximum absolute atomic E-state index is 11.6. The molecule has 1 amide bonds. The molecule has 0 aliphatic heterocycles. The van der Waals surface area contributed by atoms with E-state index in [9.17, 15) is 9.90 Å². The molecule has 0 spiro atoms. The number of carbonyl (C=O) groups excluding carboxylic acids is 1. The highest BCUT2D eigenvalue weighted by atomic mass is 16.3. The van der Waals surface area contributed by atoms with Gasteiger partial charge in [-0.2, -0.15) is 0 Å². The molecule has 0 radical (unpaired) electrons. The Morgan fingerprint density at radius 3 is 2.36 bits per heavy atom. The van der Waals surface area contributed by atoms with E-state index in [0.717, 1.165) is 6.54 Å². The smallest absolute Gasteiger partial charge is 0.253 e. The number of aliphatic hydroxyl groups is 1. The molecule has 1 rings (SSSR count). The number of nitrogens with zero attached hydrogens (tertiary/aromatic N) is 1. The summed E-state index contributed by atoms with van der Waals surface area (Å²) in [6.07, 6.45) is 5.03. The molecule has 1 N–H and O–H groups in total. The molecule has 14 heavy (non-hydrogen) atoms. The maximum Gasteiger partial charge on any atom is 0.253 e. The van der Waals surface area contributed by atoms with Gasteiger partial charge in [0.25, 0.3) is 5.91 Å². The van der Waals surface area contributed by atoms with Gasteiger partial charge < -0.3 is 10.0 Å². The zero-order valence-electron chi connectivity index (χ0n) is 9.42. The molecule has 0 unspecified atom stereocenters. The van der Waals surface area contributed by atoms with Crippen molar-refractivity contribution < 1.29 is 9.90 Å². The van der Waals surface area contributed by atoms with Gasteiger partial charge in [0, 0.05) is 13.6 Å². The molecule has 1 aliphatic rings. The van der Waals surface area contributed by atoms with Crippen LogP contribution < -0.4 is 0 Å². The third-order valence-corrected chi connectivity index (χ3v) is 2.88. The fourth-order valence-electron chi connectivity index (χ4n) is 2.13.